The molecule has 1 N–H and O–H groups in total. The largest absolute Gasteiger partial charge is 0.497 e. The monoisotopic (exact) mass is 436 g/mol. The summed E-state index contributed by atoms with van der Waals surface area (Å²) in [6.45, 7) is 3.77. The second-order valence-corrected chi connectivity index (χ2v) is 7.79. The normalized spacial score (nSPS) is 15.0. The highest BCUT2D eigenvalue weighted by Gasteiger charge is 2.20. The van der Waals surface area contributed by atoms with Crippen molar-refractivity contribution in [3.63, 3.8) is 0 Å². The molecule has 1 saturated heterocycles. The third-order valence-corrected chi connectivity index (χ3v) is 5.61. The van der Waals surface area contributed by atoms with E-state index >= 15 is 0 Å². The Morgan fingerprint density at radius 1 is 1.22 bits per heavy atom. The second-order valence-electron chi connectivity index (χ2n) is 7.79. The van der Waals surface area contributed by atoms with E-state index in [2.05, 4.69) is 10.3 Å². The molecule has 0 amide bonds. The number of aromatic nitrogens is 3. The van der Waals surface area contributed by atoms with E-state index in [0.717, 1.165) is 54.1 Å². The van der Waals surface area contributed by atoms with Crippen molar-refractivity contribution in [2.75, 3.05) is 32.8 Å². The number of carbonyl (C=O) groups is 1. The summed E-state index contributed by atoms with van der Waals surface area (Å²) in [6, 6.07) is 10.1. The van der Waals surface area contributed by atoms with Crippen molar-refractivity contribution in [3.05, 3.63) is 53.4 Å². The highest BCUT2D eigenvalue weighted by Crippen LogP contribution is 2.29. The summed E-state index contributed by atoms with van der Waals surface area (Å²) in [5.41, 5.74) is 3.18. The minimum absolute atomic E-state index is 0.283. The smallest absolute Gasteiger partial charge is 0.333 e. The van der Waals surface area contributed by atoms with Crippen LogP contribution >= 0.6 is 0 Å². The van der Waals surface area contributed by atoms with Crippen molar-refractivity contribution < 1.29 is 19.0 Å². The number of benzene rings is 1. The van der Waals surface area contributed by atoms with Gasteiger partial charge < -0.3 is 19.5 Å². The van der Waals surface area contributed by atoms with E-state index in [9.17, 15) is 4.79 Å². The van der Waals surface area contributed by atoms with Crippen molar-refractivity contribution in [1.29, 1.82) is 0 Å². The maximum absolute atomic E-state index is 12.0. The number of hydrogen-bond donors (Lipinski definition) is 1. The van der Waals surface area contributed by atoms with Crippen LogP contribution in [0.1, 0.15) is 31.0 Å². The van der Waals surface area contributed by atoms with Crippen LogP contribution in [-0.4, -0.2) is 54.2 Å². The minimum atomic E-state index is -0.384. The zero-order valence-corrected chi connectivity index (χ0v) is 18.6. The van der Waals surface area contributed by atoms with Gasteiger partial charge in [0.25, 0.3) is 0 Å². The van der Waals surface area contributed by atoms with E-state index in [1.165, 1.54) is 7.11 Å². The lowest BCUT2D eigenvalue weighted by atomic mass is 10.1. The van der Waals surface area contributed by atoms with Gasteiger partial charge in [-0.05, 0) is 49.6 Å². The molecular formula is C24H28N4O4. The molecule has 168 valence electrons. The first kappa shape index (κ1) is 21.8. The summed E-state index contributed by atoms with van der Waals surface area (Å²) in [4.78, 5) is 16.6. The highest BCUT2D eigenvalue weighted by atomic mass is 16.5. The molecule has 0 atom stereocenters. The number of carbonyl (C=O) groups excluding carboxylic acids is 1. The SMILES string of the molecule is COC(=O)/C(C)=C/c1nn(Cc2ccc(OC)cc2)c2ccnc(NC3CCOCC3)c12. The predicted molar refractivity (Wildman–Crippen MR) is 123 cm³/mol. The molecule has 8 nitrogen and oxygen atoms in total. The number of rotatable bonds is 7. The molecule has 32 heavy (non-hydrogen) atoms. The van der Waals surface area contributed by atoms with Gasteiger partial charge >= 0.3 is 5.97 Å². The Kier molecular flexibility index (Phi) is 6.70. The molecule has 1 aliphatic rings. The fourth-order valence-corrected chi connectivity index (χ4v) is 3.85. The summed E-state index contributed by atoms with van der Waals surface area (Å²) in [7, 11) is 3.03. The van der Waals surface area contributed by atoms with E-state index in [1.54, 1.807) is 26.3 Å². The molecule has 0 spiro atoms. The van der Waals surface area contributed by atoms with Gasteiger partial charge in [0.2, 0.25) is 0 Å². The molecule has 8 heteroatoms. The van der Waals surface area contributed by atoms with Crippen molar-refractivity contribution in [2.24, 2.45) is 0 Å². The third-order valence-electron chi connectivity index (χ3n) is 5.61. The lowest BCUT2D eigenvalue weighted by Gasteiger charge is -2.24. The first-order valence-corrected chi connectivity index (χ1v) is 10.7. The lowest BCUT2D eigenvalue weighted by molar-refractivity contribution is -0.135. The molecule has 3 heterocycles. The Morgan fingerprint density at radius 2 is 1.97 bits per heavy atom. The van der Waals surface area contributed by atoms with Crippen LogP contribution in [0.15, 0.2) is 42.1 Å². The number of hydrogen-bond acceptors (Lipinski definition) is 7. The van der Waals surface area contributed by atoms with E-state index < -0.39 is 0 Å². The quantitative estimate of drug-likeness (QED) is 0.447. The van der Waals surface area contributed by atoms with Crippen LogP contribution in [0.2, 0.25) is 0 Å². The lowest BCUT2D eigenvalue weighted by Crippen LogP contribution is -2.28. The summed E-state index contributed by atoms with van der Waals surface area (Å²) >= 11 is 0. The highest BCUT2D eigenvalue weighted by molar-refractivity contribution is 6.00. The fourth-order valence-electron chi connectivity index (χ4n) is 3.85. The zero-order chi connectivity index (χ0) is 22.5. The Morgan fingerprint density at radius 3 is 2.66 bits per heavy atom. The Labute approximate surface area is 187 Å². The minimum Gasteiger partial charge on any atom is -0.497 e. The second kappa shape index (κ2) is 9.82. The fraction of sp³-hybridized carbons (Fsp3) is 0.375. The van der Waals surface area contributed by atoms with Gasteiger partial charge in [-0.2, -0.15) is 5.10 Å². The van der Waals surface area contributed by atoms with Crippen LogP contribution in [0.25, 0.3) is 17.0 Å². The van der Waals surface area contributed by atoms with E-state index in [0.29, 0.717) is 17.8 Å². The van der Waals surface area contributed by atoms with Gasteiger partial charge in [-0.15, -0.1) is 0 Å². The van der Waals surface area contributed by atoms with Gasteiger partial charge in [0, 0.05) is 31.0 Å². The molecule has 4 rings (SSSR count). The predicted octanol–water partition coefficient (Wildman–Crippen LogP) is 3.66. The van der Waals surface area contributed by atoms with E-state index in [4.69, 9.17) is 19.3 Å². The van der Waals surface area contributed by atoms with E-state index in [1.807, 2.05) is 35.0 Å². The first-order valence-electron chi connectivity index (χ1n) is 10.7. The maximum Gasteiger partial charge on any atom is 0.333 e. The van der Waals surface area contributed by atoms with E-state index in [-0.39, 0.29) is 12.0 Å². The van der Waals surface area contributed by atoms with Gasteiger partial charge in [0.15, 0.2) is 0 Å². The molecule has 0 unspecified atom stereocenters. The van der Waals surface area contributed by atoms with Gasteiger partial charge in [-0.3, -0.25) is 4.68 Å². The number of nitrogens with one attached hydrogen (secondary N) is 1. The average molecular weight is 437 g/mol. The zero-order valence-electron chi connectivity index (χ0n) is 18.6. The van der Waals surface area contributed by atoms with Gasteiger partial charge in [-0.1, -0.05) is 12.1 Å². The standard InChI is InChI=1S/C24H28N4O4/c1-16(24(29)31-3)14-20-22-21(8-11-25-23(22)26-18-9-12-32-13-10-18)28(27-20)15-17-4-6-19(30-2)7-5-17/h4-8,11,14,18H,9-10,12-13,15H2,1-3H3,(H,25,26)/b16-14+. The van der Waals surface area contributed by atoms with Gasteiger partial charge in [0.1, 0.15) is 11.6 Å². The molecule has 0 bridgehead atoms. The summed E-state index contributed by atoms with van der Waals surface area (Å²) in [6.07, 6.45) is 5.39. The molecule has 0 saturated carbocycles. The Hall–Kier alpha value is -3.39. The molecule has 1 aliphatic heterocycles. The average Bonchev–Trinajstić information content (AvgIpc) is 3.17. The van der Waals surface area contributed by atoms with Crippen molar-refractivity contribution in [2.45, 2.75) is 32.4 Å². The number of methoxy groups -OCH3 is 2. The van der Waals surface area contributed by atoms with Crippen LogP contribution in [0.4, 0.5) is 5.82 Å². The molecule has 2 aromatic heterocycles. The number of ether oxygens (including phenoxy) is 3. The molecule has 1 fully saturated rings. The number of esters is 1. The van der Waals surface area contributed by atoms with Crippen LogP contribution in [0.5, 0.6) is 5.75 Å². The van der Waals surface area contributed by atoms with Gasteiger partial charge in [-0.25, -0.2) is 9.78 Å². The van der Waals surface area contributed by atoms with Crippen LogP contribution in [-0.2, 0) is 20.8 Å². The molecule has 0 radical (unpaired) electrons. The van der Waals surface area contributed by atoms with Crippen molar-refractivity contribution in [3.8, 4) is 5.75 Å². The van der Waals surface area contributed by atoms with Crippen LogP contribution in [0.3, 0.4) is 0 Å². The van der Waals surface area contributed by atoms with Crippen molar-refractivity contribution >= 4 is 28.8 Å². The summed E-state index contributed by atoms with van der Waals surface area (Å²) < 4.78 is 17.5. The van der Waals surface area contributed by atoms with Gasteiger partial charge in [0.05, 0.1) is 37.4 Å². The molecule has 1 aromatic carbocycles. The number of pyridine rings is 1. The molecular weight excluding hydrogens is 408 g/mol. The Balaban J connectivity index is 1.76. The maximum atomic E-state index is 12.0. The number of fused-ring (bicyclic) bond motifs is 1. The topological polar surface area (TPSA) is 87.5 Å². The molecule has 3 aromatic rings. The van der Waals surface area contributed by atoms with Crippen molar-refractivity contribution in [1.82, 2.24) is 14.8 Å². The van der Waals surface area contributed by atoms with Crippen LogP contribution in [0, 0.1) is 0 Å². The Bertz CT molecular complexity index is 1110. The summed E-state index contributed by atoms with van der Waals surface area (Å²) in [5.74, 6) is 1.19. The first-order chi connectivity index (χ1) is 15.6. The molecule has 0 aliphatic carbocycles. The van der Waals surface area contributed by atoms with Crippen LogP contribution < -0.4 is 10.1 Å². The number of anilines is 1. The third kappa shape index (κ3) is 4.75. The summed E-state index contributed by atoms with van der Waals surface area (Å²) in [5, 5.41) is 9.29. The number of nitrogens with zero attached hydrogens (tertiary/aromatic N) is 3.